The SMILES string of the molecule is C=C(CC(C)(C)C)Nc1cncc(-c2ccc3[nH]nc(-c4cc5c(-n6cnc(C)c6)cccc5[nH]4)c3c2)c1. The molecule has 7 heteroatoms. The molecular weight excluding hydrogens is 470 g/mol. The smallest absolute Gasteiger partial charge is 0.116 e. The number of nitrogens with zero attached hydrogens (tertiary/aromatic N) is 4. The molecule has 0 saturated heterocycles. The fourth-order valence-corrected chi connectivity index (χ4v) is 5.00. The molecule has 0 radical (unpaired) electrons. The van der Waals surface area contributed by atoms with Gasteiger partial charge in [-0.1, -0.05) is 39.5 Å². The largest absolute Gasteiger partial charge is 0.358 e. The number of hydrogen-bond donors (Lipinski definition) is 3. The highest BCUT2D eigenvalue weighted by atomic mass is 15.1. The van der Waals surface area contributed by atoms with Crippen LogP contribution in [0.15, 0.2) is 85.7 Å². The second-order valence-electron chi connectivity index (χ2n) is 11.1. The van der Waals surface area contributed by atoms with Crippen LogP contribution in [0.1, 0.15) is 32.9 Å². The molecule has 0 bridgehead atoms. The van der Waals surface area contributed by atoms with Crippen LogP contribution in [0, 0.1) is 12.3 Å². The van der Waals surface area contributed by atoms with Crippen molar-refractivity contribution in [1.82, 2.24) is 29.7 Å². The summed E-state index contributed by atoms with van der Waals surface area (Å²) in [6.07, 6.45) is 8.49. The Labute approximate surface area is 221 Å². The molecule has 0 unspecified atom stereocenters. The summed E-state index contributed by atoms with van der Waals surface area (Å²) < 4.78 is 2.06. The third-order valence-electron chi connectivity index (χ3n) is 6.59. The number of benzene rings is 2. The highest BCUT2D eigenvalue weighted by Crippen LogP contribution is 2.34. The van der Waals surface area contributed by atoms with E-state index in [9.17, 15) is 0 Å². The Morgan fingerprint density at radius 2 is 1.87 bits per heavy atom. The number of aromatic nitrogens is 6. The maximum Gasteiger partial charge on any atom is 0.116 e. The van der Waals surface area contributed by atoms with Crippen LogP contribution >= 0.6 is 0 Å². The van der Waals surface area contributed by atoms with Crippen molar-refractivity contribution in [2.24, 2.45) is 5.41 Å². The Bertz CT molecular complexity index is 1790. The molecule has 0 spiro atoms. The normalized spacial score (nSPS) is 11.9. The Morgan fingerprint density at radius 3 is 2.66 bits per heavy atom. The first-order valence-electron chi connectivity index (χ1n) is 12.7. The summed E-state index contributed by atoms with van der Waals surface area (Å²) in [5.74, 6) is 0. The summed E-state index contributed by atoms with van der Waals surface area (Å²) in [7, 11) is 0. The number of aromatic amines is 2. The molecule has 0 aliphatic rings. The molecule has 7 nitrogen and oxygen atoms in total. The summed E-state index contributed by atoms with van der Waals surface area (Å²) in [5, 5.41) is 13.5. The van der Waals surface area contributed by atoms with Gasteiger partial charge in [0.1, 0.15) is 5.69 Å². The Hall–Kier alpha value is -4.65. The van der Waals surface area contributed by atoms with E-state index in [4.69, 9.17) is 0 Å². The third kappa shape index (κ3) is 4.59. The van der Waals surface area contributed by atoms with Crippen LogP contribution in [0.2, 0.25) is 0 Å². The summed E-state index contributed by atoms with van der Waals surface area (Å²) in [6.45, 7) is 12.8. The number of anilines is 1. The maximum absolute atomic E-state index is 4.68. The van der Waals surface area contributed by atoms with E-state index >= 15 is 0 Å². The van der Waals surface area contributed by atoms with E-state index < -0.39 is 0 Å². The van der Waals surface area contributed by atoms with Crippen LogP contribution in [-0.4, -0.2) is 29.7 Å². The lowest BCUT2D eigenvalue weighted by Crippen LogP contribution is -2.10. The van der Waals surface area contributed by atoms with Gasteiger partial charge in [0, 0.05) is 39.9 Å². The first-order chi connectivity index (χ1) is 18.2. The second kappa shape index (κ2) is 9.03. The fraction of sp³-hybridized carbons (Fsp3) is 0.194. The van der Waals surface area contributed by atoms with Gasteiger partial charge in [-0.05, 0) is 60.7 Å². The molecule has 2 aromatic carbocycles. The predicted molar refractivity (Wildman–Crippen MR) is 155 cm³/mol. The molecule has 3 N–H and O–H groups in total. The van der Waals surface area contributed by atoms with E-state index in [1.54, 1.807) is 0 Å². The molecule has 38 heavy (non-hydrogen) atoms. The minimum atomic E-state index is 0.166. The van der Waals surface area contributed by atoms with Gasteiger partial charge >= 0.3 is 0 Å². The van der Waals surface area contributed by atoms with E-state index in [2.05, 4.69) is 111 Å². The molecule has 6 aromatic rings. The topological polar surface area (TPSA) is 87.2 Å². The number of rotatable bonds is 6. The Balaban J connectivity index is 1.36. The Kier molecular flexibility index (Phi) is 5.64. The number of fused-ring (bicyclic) bond motifs is 2. The fourth-order valence-electron chi connectivity index (χ4n) is 5.00. The first kappa shape index (κ1) is 23.7. The number of nitrogens with one attached hydrogen (secondary N) is 3. The zero-order valence-electron chi connectivity index (χ0n) is 22.1. The van der Waals surface area contributed by atoms with Gasteiger partial charge < -0.3 is 14.9 Å². The number of allylic oxidation sites excluding steroid dienone is 1. The highest BCUT2D eigenvalue weighted by Gasteiger charge is 2.15. The molecule has 0 amide bonds. The Morgan fingerprint density at radius 1 is 1.00 bits per heavy atom. The van der Waals surface area contributed by atoms with Crippen molar-refractivity contribution in [3.05, 3.63) is 91.4 Å². The molecule has 0 saturated carbocycles. The van der Waals surface area contributed by atoms with Crippen molar-refractivity contribution < 1.29 is 0 Å². The van der Waals surface area contributed by atoms with Crippen LogP contribution in [0.3, 0.4) is 0 Å². The van der Waals surface area contributed by atoms with Crippen molar-refractivity contribution in [1.29, 1.82) is 0 Å². The highest BCUT2D eigenvalue weighted by molar-refractivity contribution is 5.99. The molecule has 0 aliphatic heterocycles. The third-order valence-corrected chi connectivity index (χ3v) is 6.59. The van der Waals surface area contributed by atoms with Gasteiger partial charge in [-0.25, -0.2) is 4.98 Å². The second-order valence-corrected chi connectivity index (χ2v) is 11.1. The molecule has 4 heterocycles. The first-order valence-corrected chi connectivity index (χ1v) is 12.7. The van der Waals surface area contributed by atoms with E-state index in [0.29, 0.717) is 0 Å². The number of H-pyrrole nitrogens is 2. The van der Waals surface area contributed by atoms with Gasteiger partial charge in [0.05, 0.1) is 40.8 Å². The monoisotopic (exact) mass is 501 g/mol. The van der Waals surface area contributed by atoms with Gasteiger partial charge in [-0.2, -0.15) is 5.10 Å². The lowest BCUT2D eigenvalue weighted by molar-refractivity contribution is 0.411. The van der Waals surface area contributed by atoms with E-state index in [-0.39, 0.29) is 5.41 Å². The van der Waals surface area contributed by atoms with Crippen LogP contribution in [0.25, 0.3) is 50.0 Å². The van der Waals surface area contributed by atoms with Gasteiger partial charge in [-0.3, -0.25) is 10.1 Å². The minimum absolute atomic E-state index is 0.166. The van der Waals surface area contributed by atoms with Crippen LogP contribution in [0.5, 0.6) is 0 Å². The zero-order valence-corrected chi connectivity index (χ0v) is 22.1. The average molecular weight is 502 g/mol. The van der Waals surface area contributed by atoms with Crippen molar-refractivity contribution in [2.45, 2.75) is 34.1 Å². The van der Waals surface area contributed by atoms with Gasteiger partial charge in [0.15, 0.2) is 0 Å². The van der Waals surface area contributed by atoms with E-state index in [1.807, 2.05) is 31.8 Å². The number of imidazole rings is 1. The molecule has 0 fully saturated rings. The molecule has 0 aliphatic carbocycles. The van der Waals surface area contributed by atoms with Crippen molar-refractivity contribution in [3.63, 3.8) is 0 Å². The molecule has 4 aromatic heterocycles. The molecule has 6 rings (SSSR count). The van der Waals surface area contributed by atoms with Crippen LogP contribution in [-0.2, 0) is 0 Å². The van der Waals surface area contributed by atoms with Crippen molar-refractivity contribution >= 4 is 27.5 Å². The van der Waals surface area contributed by atoms with Crippen LogP contribution < -0.4 is 5.32 Å². The van der Waals surface area contributed by atoms with Crippen molar-refractivity contribution in [3.8, 4) is 28.2 Å². The van der Waals surface area contributed by atoms with E-state index in [0.717, 1.165) is 73.5 Å². The van der Waals surface area contributed by atoms with Crippen LogP contribution in [0.4, 0.5) is 5.69 Å². The maximum atomic E-state index is 4.68. The molecule has 0 atom stereocenters. The number of hydrogen-bond acceptors (Lipinski definition) is 4. The molecule has 190 valence electrons. The number of aryl methyl sites for hydroxylation is 1. The standard InChI is InChI=1S/C31H31N7/c1-19(14-31(3,4)5)34-23-11-22(15-32-16-23)21-9-10-27-25(12-21)30(37-36-27)28-13-24-26(35-28)7-6-8-29(24)38-17-20(2)33-18-38/h6-13,15-18,34-35H,1,14H2,2-5H3,(H,36,37). The summed E-state index contributed by atoms with van der Waals surface area (Å²) in [6, 6.07) is 16.9. The predicted octanol–water partition coefficient (Wildman–Crippen LogP) is 7.63. The lowest BCUT2D eigenvalue weighted by atomic mass is 9.91. The average Bonchev–Trinajstić information content (AvgIpc) is 3.60. The van der Waals surface area contributed by atoms with Gasteiger partial charge in [0.25, 0.3) is 0 Å². The minimum Gasteiger partial charge on any atom is -0.358 e. The van der Waals surface area contributed by atoms with Crippen molar-refractivity contribution in [2.75, 3.05) is 5.32 Å². The summed E-state index contributed by atoms with van der Waals surface area (Å²) in [5.41, 5.74) is 10.1. The lowest BCUT2D eigenvalue weighted by Gasteiger charge is -2.20. The molecular formula is C31H31N7. The van der Waals surface area contributed by atoms with Gasteiger partial charge in [0.2, 0.25) is 0 Å². The summed E-state index contributed by atoms with van der Waals surface area (Å²) >= 11 is 0. The quantitative estimate of drug-likeness (QED) is 0.219. The summed E-state index contributed by atoms with van der Waals surface area (Å²) in [4.78, 5) is 12.4. The zero-order chi connectivity index (χ0) is 26.4. The van der Waals surface area contributed by atoms with Gasteiger partial charge in [-0.15, -0.1) is 0 Å². The van der Waals surface area contributed by atoms with E-state index in [1.165, 1.54) is 0 Å². The number of pyridine rings is 1.